The predicted octanol–water partition coefficient (Wildman–Crippen LogP) is 4.48. The molecule has 0 radical (unpaired) electrons. The lowest BCUT2D eigenvalue weighted by molar-refractivity contribution is 0.751. The van der Waals surface area contributed by atoms with Gasteiger partial charge in [0.15, 0.2) is 16.1 Å². The fraction of sp³-hybridized carbons (Fsp3) is 0.0455. The summed E-state index contributed by atoms with van der Waals surface area (Å²) in [6, 6.07) is 29.9. The summed E-state index contributed by atoms with van der Waals surface area (Å²) in [6.45, 7) is 0. The molecule has 3 N–H and O–H groups in total. The second kappa shape index (κ2) is 10.0. The molecule has 0 aliphatic carbocycles. The Kier molecular flexibility index (Phi) is 6.71. The number of anilines is 1. The van der Waals surface area contributed by atoms with Gasteiger partial charge in [-0.1, -0.05) is 78.5 Å². The second-order valence-corrected chi connectivity index (χ2v) is 7.60. The van der Waals surface area contributed by atoms with Crippen LogP contribution < -0.4 is 16.2 Å². The van der Waals surface area contributed by atoms with Crippen LogP contribution in [0.15, 0.2) is 96.2 Å². The van der Waals surface area contributed by atoms with Gasteiger partial charge in [-0.05, 0) is 36.5 Å². The first-order valence-electron chi connectivity index (χ1n) is 9.35. The first kappa shape index (κ1) is 20.1. The average molecular weight is 433 g/mol. The van der Waals surface area contributed by atoms with Gasteiger partial charge >= 0.3 is 0 Å². The molecule has 8 heteroatoms. The summed E-state index contributed by atoms with van der Waals surface area (Å²) in [5, 5.41) is 13.3. The molecule has 0 aliphatic heterocycles. The first-order chi connectivity index (χ1) is 14.8. The van der Waals surface area contributed by atoms with E-state index in [1.54, 1.807) is 0 Å². The summed E-state index contributed by atoms with van der Waals surface area (Å²) in [7, 11) is 0. The maximum absolute atomic E-state index is 5.31. The molecular formula is C22H20N6S2. The number of para-hydroxylation sites is 2. The van der Waals surface area contributed by atoms with E-state index < -0.39 is 0 Å². The lowest BCUT2D eigenvalue weighted by Gasteiger charge is -2.12. The highest BCUT2D eigenvalue weighted by atomic mass is 32.2. The molecule has 0 saturated carbocycles. The number of benzene rings is 3. The van der Waals surface area contributed by atoms with E-state index in [1.165, 1.54) is 11.8 Å². The van der Waals surface area contributed by atoms with E-state index in [4.69, 9.17) is 12.2 Å². The number of hydrogen-bond donors (Lipinski definition) is 3. The van der Waals surface area contributed by atoms with Crippen molar-refractivity contribution in [1.29, 1.82) is 0 Å². The van der Waals surface area contributed by atoms with Gasteiger partial charge in [0.05, 0.1) is 5.88 Å². The van der Waals surface area contributed by atoms with E-state index in [0.717, 1.165) is 27.9 Å². The minimum atomic E-state index is 0.497. The highest BCUT2D eigenvalue weighted by Crippen LogP contribution is 2.27. The summed E-state index contributed by atoms with van der Waals surface area (Å²) < 4.78 is 2.06. The quantitative estimate of drug-likeness (QED) is 0.131. The summed E-state index contributed by atoms with van der Waals surface area (Å²) in [5.41, 5.74) is 9.06. The summed E-state index contributed by atoms with van der Waals surface area (Å²) in [5.74, 6) is 1.36. The zero-order valence-electron chi connectivity index (χ0n) is 16.0. The Balaban J connectivity index is 1.43. The van der Waals surface area contributed by atoms with Crippen LogP contribution in [0.3, 0.4) is 0 Å². The maximum atomic E-state index is 5.31. The van der Waals surface area contributed by atoms with E-state index in [-0.39, 0.29) is 0 Å². The van der Waals surface area contributed by atoms with Crippen LogP contribution in [0.5, 0.6) is 0 Å². The smallest absolute Gasteiger partial charge is 0.197 e. The van der Waals surface area contributed by atoms with Crippen LogP contribution in [0.4, 0.5) is 5.69 Å². The van der Waals surface area contributed by atoms with Crippen LogP contribution in [0, 0.1) is 0 Å². The van der Waals surface area contributed by atoms with Gasteiger partial charge in [0, 0.05) is 16.9 Å². The topological polar surface area (TPSA) is 66.8 Å². The van der Waals surface area contributed by atoms with Crippen LogP contribution in [0.2, 0.25) is 0 Å². The third kappa shape index (κ3) is 5.04. The fourth-order valence-electron chi connectivity index (χ4n) is 2.85. The Morgan fingerprint density at radius 1 is 0.833 bits per heavy atom. The molecule has 1 heterocycles. The standard InChI is InChI=1S/C22H20N6S2/c29-21(24-18-12-6-2-7-13-18)26-23-16-30-22-27-25-20(17-10-4-1-5-11-17)28(22)19-14-8-3-9-15-19/h1-15,23H,16H2,(H2,24,26,29). The fourth-order valence-corrected chi connectivity index (χ4v) is 3.73. The Labute approximate surface area is 184 Å². The second-order valence-electron chi connectivity index (χ2n) is 6.25. The molecule has 3 aromatic carbocycles. The van der Waals surface area contributed by atoms with E-state index in [2.05, 4.69) is 30.9 Å². The van der Waals surface area contributed by atoms with E-state index in [9.17, 15) is 0 Å². The molecule has 0 unspecified atom stereocenters. The monoisotopic (exact) mass is 432 g/mol. The van der Waals surface area contributed by atoms with Crippen molar-refractivity contribution in [2.45, 2.75) is 5.16 Å². The van der Waals surface area contributed by atoms with Gasteiger partial charge < -0.3 is 5.32 Å². The molecule has 1 aromatic heterocycles. The van der Waals surface area contributed by atoms with E-state index >= 15 is 0 Å². The van der Waals surface area contributed by atoms with Gasteiger partial charge in [-0.25, -0.2) is 5.43 Å². The van der Waals surface area contributed by atoms with Gasteiger partial charge in [0.1, 0.15) is 0 Å². The number of aromatic nitrogens is 3. The van der Waals surface area contributed by atoms with Gasteiger partial charge in [0.2, 0.25) is 0 Å². The lowest BCUT2D eigenvalue weighted by Crippen LogP contribution is -2.39. The van der Waals surface area contributed by atoms with Crippen molar-refractivity contribution in [2.75, 3.05) is 11.2 Å². The van der Waals surface area contributed by atoms with Crippen LogP contribution in [0.25, 0.3) is 17.1 Å². The molecule has 4 rings (SSSR count). The number of rotatable bonds is 7. The van der Waals surface area contributed by atoms with E-state index in [0.29, 0.717) is 11.0 Å². The molecular weight excluding hydrogens is 412 g/mol. The Morgan fingerprint density at radius 3 is 2.17 bits per heavy atom. The van der Waals surface area contributed by atoms with Crippen molar-refractivity contribution in [3.63, 3.8) is 0 Å². The number of nitrogens with one attached hydrogen (secondary N) is 3. The van der Waals surface area contributed by atoms with Crippen molar-refractivity contribution < 1.29 is 0 Å². The van der Waals surface area contributed by atoms with Crippen molar-refractivity contribution in [1.82, 2.24) is 25.6 Å². The number of hydrogen-bond acceptors (Lipinski definition) is 5. The van der Waals surface area contributed by atoms with Crippen LogP contribution >= 0.6 is 24.0 Å². The molecule has 4 aromatic rings. The highest BCUT2D eigenvalue weighted by molar-refractivity contribution is 7.99. The summed E-state index contributed by atoms with van der Waals surface area (Å²) >= 11 is 6.84. The zero-order chi connectivity index (χ0) is 20.6. The largest absolute Gasteiger partial charge is 0.332 e. The molecule has 0 atom stereocenters. The third-order valence-corrected chi connectivity index (χ3v) is 5.20. The van der Waals surface area contributed by atoms with Gasteiger partial charge in [-0.3, -0.25) is 9.99 Å². The lowest BCUT2D eigenvalue weighted by atomic mass is 10.2. The molecule has 0 spiro atoms. The number of hydrazine groups is 1. The minimum Gasteiger partial charge on any atom is -0.332 e. The maximum Gasteiger partial charge on any atom is 0.197 e. The SMILES string of the molecule is S=C(NNCSc1nnc(-c2ccccc2)n1-c1ccccc1)Nc1ccccc1. The predicted molar refractivity (Wildman–Crippen MR) is 126 cm³/mol. The zero-order valence-corrected chi connectivity index (χ0v) is 17.7. The van der Waals surface area contributed by atoms with Crippen LogP contribution in [-0.4, -0.2) is 25.8 Å². The number of thioether (sulfide) groups is 1. The Bertz CT molecular complexity index is 1080. The normalized spacial score (nSPS) is 10.5. The molecule has 6 nitrogen and oxygen atoms in total. The van der Waals surface area contributed by atoms with Crippen molar-refractivity contribution >= 4 is 34.8 Å². The molecule has 150 valence electrons. The number of nitrogens with zero attached hydrogens (tertiary/aromatic N) is 3. The molecule has 30 heavy (non-hydrogen) atoms. The minimum absolute atomic E-state index is 0.497. The summed E-state index contributed by atoms with van der Waals surface area (Å²) in [6.07, 6.45) is 0. The highest BCUT2D eigenvalue weighted by Gasteiger charge is 2.15. The molecule has 0 aliphatic rings. The summed E-state index contributed by atoms with van der Waals surface area (Å²) in [4.78, 5) is 0. The van der Waals surface area contributed by atoms with Gasteiger partial charge in [-0.15, -0.1) is 10.2 Å². The van der Waals surface area contributed by atoms with Gasteiger partial charge in [-0.2, -0.15) is 0 Å². The van der Waals surface area contributed by atoms with Crippen molar-refractivity contribution in [3.8, 4) is 17.1 Å². The molecule has 0 saturated heterocycles. The average Bonchev–Trinajstić information content (AvgIpc) is 3.22. The van der Waals surface area contributed by atoms with Crippen molar-refractivity contribution in [3.05, 3.63) is 91.0 Å². The molecule has 0 amide bonds. The first-order valence-corrected chi connectivity index (χ1v) is 10.7. The van der Waals surface area contributed by atoms with Crippen LogP contribution in [-0.2, 0) is 0 Å². The van der Waals surface area contributed by atoms with Gasteiger partial charge in [0.25, 0.3) is 0 Å². The molecule has 0 bridgehead atoms. The molecule has 0 fully saturated rings. The third-order valence-electron chi connectivity index (χ3n) is 4.19. The Morgan fingerprint density at radius 2 is 1.47 bits per heavy atom. The van der Waals surface area contributed by atoms with Crippen LogP contribution in [0.1, 0.15) is 0 Å². The van der Waals surface area contributed by atoms with E-state index in [1.807, 2.05) is 91.0 Å². The number of thiocarbonyl (C=S) groups is 1. The Hall–Kier alpha value is -3.20. The van der Waals surface area contributed by atoms with Crippen molar-refractivity contribution in [2.24, 2.45) is 0 Å².